The number of thioether (sulfide) groups is 1. The first-order valence-corrected chi connectivity index (χ1v) is 11.2. The van der Waals surface area contributed by atoms with Crippen LogP contribution < -0.4 is 5.56 Å². The molecule has 160 valence electrons. The monoisotopic (exact) mass is 427 g/mol. The van der Waals surface area contributed by atoms with Gasteiger partial charge in [0, 0.05) is 30.6 Å². The fourth-order valence-corrected chi connectivity index (χ4v) is 4.85. The van der Waals surface area contributed by atoms with Gasteiger partial charge < -0.3 is 9.30 Å². The van der Waals surface area contributed by atoms with Crippen molar-refractivity contribution in [1.82, 2.24) is 14.1 Å². The lowest BCUT2D eigenvalue weighted by molar-refractivity contribution is 0.102. The third kappa shape index (κ3) is 4.37. The molecule has 0 N–H and O–H groups in total. The summed E-state index contributed by atoms with van der Waals surface area (Å²) in [5.74, 6) is 0.270. The quantitative estimate of drug-likeness (QED) is 0.288. The molecule has 1 atom stereocenters. The Hall–Kier alpha value is -2.38. The van der Waals surface area contributed by atoms with E-state index in [1.165, 1.54) is 11.8 Å². The van der Waals surface area contributed by atoms with Crippen LogP contribution in [0.4, 0.5) is 0 Å². The number of carbonyl (C=O) groups is 1. The normalized spacial score (nSPS) is 12.4. The Kier molecular flexibility index (Phi) is 7.15. The third-order valence-corrected chi connectivity index (χ3v) is 6.22. The summed E-state index contributed by atoms with van der Waals surface area (Å²) in [4.78, 5) is 30.6. The molecule has 0 amide bonds. The Bertz CT molecular complexity index is 1120. The molecule has 30 heavy (non-hydrogen) atoms. The smallest absolute Gasteiger partial charge is 0.262 e. The van der Waals surface area contributed by atoms with E-state index in [4.69, 9.17) is 4.74 Å². The number of carbonyl (C=O) groups excluding carboxylic acids is 1. The number of hydrogen-bond acceptors (Lipinski definition) is 5. The number of ether oxygens (including phenoxy) is 1. The number of rotatable bonds is 9. The van der Waals surface area contributed by atoms with E-state index in [-0.39, 0.29) is 23.1 Å². The van der Waals surface area contributed by atoms with E-state index < -0.39 is 0 Å². The van der Waals surface area contributed by atoms with Crippen LogP contribution in [0.2, 0.25) is 0 Å². The second kappa shape index (κ2) is 9.62. The number of fused-ring (bicyclic) bond motifs is 1. The first kappa shape index (κ1) is 22.3. The van der Waals surface area contributed by atoms with Gasteiger partial charge >= 0.3 is 0 Å². The zero-order valence-electron chi connectivity index (χ0n) is 18.3. The van der Waals surface area contributed by atoms with Crippen LogP contribution in [0.15, 0.2) is 40.3 Å². The van der Waals surface area contributed by atoms with Gasteiger partial charge in [-0.15, -0.1) is 0 Å². The fraction of sp³-hybridized carbons (Fsp3) is 0.435. The number of aryl methyl sites for hydroxylation is 1. The number of para-hydroxylation sites is 1. The minimum atomic E-state index is -0.0519. The Morgan fingerprint density at radius 3 is 2.70 bits per heavy atom. The molecule has 3 aromatic rings. The lowest BCUT2D eigenvalue weighted by Crippen LogP contribution is -2.23. The first-order chi connectivity index (χ1) is 14.4. The SMILES string of the molecule is CCCn1c(SCC(=O)c2cc(C)n([C@@H](C)COC)c2C)nc2ccccc2c1=O. The molecule has 0 unspecified atom stereocenters. The zero-order valence-corrected chi connectivity index (χ0v) is 19.1. The molecule has 0 aliphatic rings. The molecular formula is C23H29N3O3S. The summed E-state index contributed by atoms with van der Waals surface area (Å²) in [6.07, 6.45) is 0.819. The molecule has 0 saturated heterocycles. The molecular weight excluding hydrogens is 398 g/mol. The number of Topliss-reactive ketones (excluding diaryl/α,β-unsaturated/α-hetero) is 1. The van der Waals surface area contributed by atoms with Gasteiger partial charge in [-0.3, -0.25) is 14.2 Å². The average molecular weight is 428 g/mol. The molecule has 3 rings (SSSR count). The lowest BCUT2D eigenvalue weighted by Gasteiger charge is -2.17. The van der Waals surface area contributed by atoms with E-state index in [1.54, 1.807) is 17.7 Å². The third-order valence-electron chi connectivity index (χ3n) is 5.24. The van der Waals surface area contributed by atoms with Gasteiger partial charge in [0.05, 0.1) is 29.3 Å². The van der Waals surface area contributed by atoms with Crippen molar-refractivity contribution in [2.75, 3.05) is 19.5 Å². The summed E-state index contributed by atoms with van der Waals surface area (Å²) < 4.78 is 9.10. The van der Waals surface area contributed by atoms with Gasteiger partial charge in [0.1, 0.15) is 0 Å². The predicted molar refractivity (Wildman–Crippen MR) is 122 cm³/mol. The van der Waals surface area contributed by atoms with Crippen LogP contribution in [-0.4, -0.2) is 39.4 Å². The summed E-state index contributed by atoms with van der Waals surface area (Å²) in [5, 5.41) is 1.20. The second-order valence-corrected chi connectivity index (χ2v) is 8.48. The van der Waals surface area contributed by atoms with E-state index >= 15 is 0 Å². The number of ketones is 1. The summed E-state index contributed by atoms with van der Waals surface area (Å²) in [5.41, 5.74) is 3.31. The van der Waals surface area contributed by atoms with E-state index in [2.05, 4.69) is 16.5 Å². The molecule has 0 bridgehead atoms. The van der Waals surface area contributed by atoms with Crippen LogP contribution in [0.5, 0.6) is 0 Å². The standard InChI is InChI=1S/C23H29N3O3S/c1-6-11-25-22(28)18-9-7-8-10-20(18)24-23(25)30-14-21(27)19-12-15(2)26(17(19)4)16(3)13-29-5/h7-10,12,16H,6,11,13-14H2,1-5H3/t16-/m0/s1. The van der Waals surface area contributed by atoms with E-state index in [0.717, 1.165) is 17.8 Å². The van der Waals surface area contributed by atoms with Crippen LogP contribution >= 0.6 is 11.8 Å². The second-order valence-electron chi connectivity index (χ2n) is 7.54. The molecule has 0 aliphatic carbocycles. The van der Waals surface area contributed by atoms with Crippen molar-refractivity contribution in [3.8, 4) is 0 Å². The van der Waals surface area contributed by atoms with Crippen molar-refractivity contribution in [3.63, 3.8) is 0 Å². The predicted octanol–water partition coefficient (Wildman–Crippen LogP) is 4.41. The lowest BCUT2D eigenvalue weighted by atomic mass is 10.2. The number of methoxy groups -OCH3 is 1. The van der Waals surface area contributed by atoms with Crippen molar-refractivity contribution >= 4 is 28.4 Å². The Morgan fingerprint density at radius 2 is 2.00 bits per heavy atom. The highest BCUT2D eigenvalue weighted by Gasteiger charge is 2.20. The van der Waals surface area contributed by atoms with Gasteiger partial charge in [0.15, 0.2) is 10.9 Å². The number of aromatic nitrogens is 3. The molecule has 2 aromatic heterocycles. The maximum atomic E-state index is 13.0. The van der Waals surface area contributed by atoms with Crippen LogP contribution in [0, 0.1) is 13.8 Å². The fourth-order valence-electron chi connectivity index (χ4n) is 3.94. The highest BCUT2D eigenvalue weighted by Crippen LogP contribution is 2.24. The minimum Gasteiger partial charge on any atom is -0.383 e. The van der Waals surface area contributed by atoms with Crippen molar-refractivity contribution in [3.05, 3.63) is 57.6 Å². The number of hydrogen-bond donors (Lipinski definition) is 0. The van der Waals surface area contributed by atoms with Crippen molar-refractivity contribution in [2.45, 2.75) is 51.9 Å². The van der Waals surface area contributed by atoms with Gasteiger partial charge in [-0.2, -0.15) is 0 Å². The Labute approximate surface area is 181 Å². The Morgan fingerprint density at radius 1 is 1.27 bits per heavy atom. The zero-order chi connectivity index (χ0) is 21.8. The van der Waals surface area contributed by atoms with Crippen molar-refractivity contribution in [1.29, 1.82) is 0 Å². The highest BCUT2D eigenvalue weighted by atomic mass is 32.2. The molecule has 0 radical (unpaired) electrons. The van der Waals surface area contributed by atoms with Gasteiger partial charge in [-0.05, 0) is 45.4 Å². The molecule has 2 heterocycles. The minimum absolute atomic E-state index is 0.0365. The summed E-state index contributed by atoms with van der Waals surface area (Å²) >= 11 is 1.33. The highest BCUT2D eigenvalue weighted by molar-refractivity contribution is 7.99. The number of benzene rings is 1. The van der Waals surface area contributed by atoms with E-state index in [0.29, 0.717) is 34.8 Å². The summed E-state index contributed by atoms with van der Waals surface area (Å²) in [6, 6.07) is 9.45. The van der Waals surface area contributed by atoms with Crippen LogP contribution in [0.3, 0.4) is 0 Å². The molecule has 1 aromatic carbocycles. The topological polar surface area (TPSA) is 66.1 Å². The number of nitrogens with zero attached hydrogens (tertiary/aromatic N) is 3. The van der Waals surface area contributed by atoms with Gasteiger partial charge in [-0.25, -0.2) is 4.98 Å². The maximum absolute atomic E-state index is 13.0. The van der Waals surface area contributed by atoms with Crippen LogP contribution in [0.25, 0.3) is 10.9 Å². The Balaban J connectivity index is 1.88. The molecule has 6 nitrogen and oxygen atoms in total. The molecule has 0 saturated carbocycles. The van der Waals surface area contributed by atoms with E-state index in [9.17, 15) is 9.59 Å². The maximum Gasteiger partial charge on any atom is 0.262 e. The summed E-state index contributed by atoms with van der Waals surface area (Å²) in [7, 11) is 1.68. The molecule has 0 spiro atoms. The van der Waals surface area contributed by atoms with Crippen LogP contribution in [0.1, 0.15) is 48.1 Å². The summed E-state index contributed by atoms with van der Waals surface area (Å²) in [6.45, 7) is 9.25. The average Bonchev–Trinajstić information content (AvgIpc) is 3.03. The van der Waals surface area contributed by atoms with Crippen molar-refractivity contribution < 1.29 is 9.53 Å². The molecule has 7 heteroatoms. The van der Waals surface area contributed by atoms with E-state index in [1.807, 2.05) is 45.0 Å². The van der Waals surface area contributed by atoms with Gasteiger partial charge in [0.2, 0.25) is 0 Å². The van der Waals surface area contributed by atoms with Gasteiger partial charge in [0.25, 0.3) is 5.56 Å². The largest absolute Gasteiger partial charge is 0.383 e. The first-order valence-electron chi connectivity index (χ1n) is 10.2. The van der Waals surface area contributed by atoms with Crippen molar-refractivity contribution in [2.24, 2.45) is 0 Å². The molecule has 0 fully saturated rings. The molecule has 0 aliphatic heterocycles. The van der Waals surface area contributed by atoms with Crippen LogP contribution in [-0.2, 0) is 11.3 Å². The van der Waals surface area contributed by atoms with Gasteiger partial charge in [-0.1, -0.05) is 30.8 Å².